The van der Waals surface area contributed by atoms with Gasteiger partial charge in [-0.05, 0) is 37.0 Å². The third kappa shape index (κ3) is 7.98. The number of allylic oxidation sites excluding steroid dienone is 5. The van der Waals surface area contributed by atoms with Crippen molar-refractivity contribution in [2.45, 2.75) is 46.9 Å². The van der Waals surface area contributed by atoms with Gasteiger partial charge in [0.15, 0.2) is 0 Å². The molecular formula is C14H21F3O. The van der Waals surface area contributed by atoms with E-state index in [1.54, 1.807) is 6.08 Å². The van der Waals surface area contributed by atoms with Gasteiger partial charge in [-0.3, -0.25) is 0 Å². The molecule has 0 aromatic heterocycles. The molecule has 104 valence electrons. The Morgan fingerprint density at radius 2 is 1.83 bits per heavy atom. The Balaban J connectivity index is 4.84. The normalized spacial score (nSPS) is 14.7. The highest BCUT2D eigenvalue weighted by atomic mass is 19.4. The molecule has 0 aromatic rings. The van der Waals surface area contributed by atoms with Crippen LogP contribution in [0.1, 0.15) is 40.5 Å². The molecule has 0 amide bonds. The van der Waals surface area contributed by atoms with E-state index in [0.29, 0.717) is 6.42 Å². The topological polar surface area (TPSA) is 9.23 Å². The Kier molecular flexibility index (Phi) is 7.48. The van der Waals surface area contributed by atoms with Crippen molar-refractivity contribution >= 4 is 0 Å². The fourth-order valence-corrected chi connectivity index (χ4v) is 1.36. The zero-order chi connectivity index (χ0) is 14.2. The molecule has 0 atom stereocenters. The standard InChI is InChI=1S/C14H21F3O/c1-5-7-8-13(18-14(15,16)17)10-9-12(6-2)11(3)4/h6,8-11H,5,7H2,1-4H3/b10-9-,12-6+,13-8-. The first-order chi connectivity index (χ1) is 8.30. The lowest BCUT2D eigenvalue weighted by Crippen LogP contribution is -2.12. The molecule has 0 aromatic carbocycles. The lowest BCUT2D eigenvalue weighted by Gasteiger charge is -2.10. The molecule has 0 aliphatic rings. The van der Waals surface area contributed by atoms with Gasteiger partial charge in [0.2, 0.25) is 0 Å². The Morgan fingerprint density at radius 1 is 1.22 bits per heavy atom. The van der Waals surface area contributed by atoms with Crippen LogP contribution >= 0.6 is 0 Å². The number of unbranched alkanes of at least 4 members (excludes halogenated alkanes) is 1. The highest BCUT2D eigenvalue weighted by Gasteiger charge is 2.31. The number of hydrogen-bond donors (Lipinski definition) is 0. The van der Waals surface area contributed by atoms with Gasteiger partial charge in [0.05, 0.1) is 0 Å². The Labute approximate surface area is 107 Å². The molecule has 0 fully saturated rings. The summed E-state index contributed by atoms with van der Waals surface area (Å²) < 4.78 is 40.5. The summed E-state index contributed by atoms with van der Waals surface area (Å²) in [7, 11) is 0. The molecular weight excluding hydrogens is 241 g/mol. The first kappa shape index (κ1) is 16.8. The Morgan fingerprint density at radius 3 is 2.22 bits per heavy atom. The van der Waals surface area contributed by atoms with E-state index in [9.17, 15) is 13.2 Å². The van der Waals surface area contributed by atoms with Crippen LogP contribution in [0.4, 0.5) is 13.2 Å². The lowest BCUT2D eigenvalue weighted by atomic mass is 10.0. The molecule has 0 N–H and O–H groups in total. The van der Waals surface area contributed by atoms with Gasteiger partial charge in [0.1, 0.15) is 5.76 Å². The van der Waals surface area contributed by atoms with Crippen LogP contribution in [0.25, 0.3) is 0 Å². The van der Waals surface area contributed by atoms with Gasteiger partial charge in [0.25, 0.3) is 0 Å². The van der Waals surface area contributed by atoms with E-state index in [4.69, 9.17) is 0 Å². The molecule has 0 saturated heterocycles. The first-order valence-corrected chi connectivity index (χ1v) is 6.10. The average Bonchev–Trinajstić information content (AvgIpc) is 2.24. The second-order valence-electron chi connectivity index (χ2n) is 4.22. The van der Waals surface area contributed by atoms with E-state index < -0.39 is 6.36 Å². The monoisotopic (exact) mass is 262 g/mol. The maximum atomic E-state index is 12.2. The summed E-state index contributed by atoms with van der Waals surface area (Å²) in [4.78, 5) is 0. The van der Waals surface area contributed by atoms with Crippen LogP contribution in [0.15, 0.2) is 35.6 Å². The van der Waals surface area contributed by atoms with Crippen molar-refractivity contribution in [3.8, 4) is 0 Å². The van der Waals surface area contributed by atoms with Crippen LogP contribution < -0.4 is 0 Å². The van der Waals surface area contributed by atoms with E-state index in [1.807, 2.05) is 33.8 Å². The van der Waals surface area contributed by atoms with Crippen molar-refractivity contribution in [3.05, 3.63) is 35.6 Å². The zero-order valence-electron chi connectivity index (χ0n) is 11.3. The van der Waals surface area contributed by atoms with Gasteiger partial charge in [-0.15, -0.1) is 13.2 Å². The summed E-state index contributed by atoms with van der Waals surface area (Å²) >= 11 is 0. The van der Waals surface area contributed by atoms with Crippen LogP contribution in [0.2, 0.25) is 0 Å². The number of hydrogen-bond acceptors (Lipinski definition) is 1. The summed E-state index contributed by atoms with van der Waals surface area (Å²) in [6.45, 7) is 7.73. The van der Waals surface area contributed by atoms with E-state index in [-0.39, 0.29) is 11.7 Å². The third-order valence-corrected chi connectivity index (χ3v) is 2.31. The van der Waals surface area contributed by atoms with E-state index in [1.165, 1.54) is 12.2 Å². The van der Waals surface area contributed by atoms with Crippen LogP contribution in [0.3, 0.4) is 0 Å². The van der Waals surface area contributed by atoms with Gasteiger partial charge in [-0.2, -0.15) is 0 Å². The van der Waals surface area contributed by atoms with Crippen LogP contribution in [0, 0.1) is 5.92 Å². The van der Waals surface area contributed by atoms with Gasteiger partial charge >= 0.3 is 6.36 Å². The largest absolute Gasteiger partial charge is 0.573 e. The van der Waals surface area contributed by atoms with Crippen LogP contribution in [0.5, 0.6) is 0 Å². The second kappa shape index (κ2) is 8.01. The molecule has 0 spiro atoms. The van der Waals surface area contributed by atoms with Crippen molar-refractivity contribution in [1.82, 2.24) is 0 Å². The minimum Gasteiger partial charge on any atom is -0.406 e. The van der Waals surface area contributed by atoms with Crippen molar-refractivity contribution in [1.29, 1.82) is 0 Å². The van der Waals surface area contributed by atoms with Gasteiger partial charge in [-0.1, -0.05) is 39.3 Å². The predicted molar refractivity (Wildman–Crippen MR) is 67.9 cm³/mol. The number of rotatable bonds is 6. The predicted octanol–water partition coefficient (Wildman–Crippen LogP) is 5.37. The average molecular weight is 262 g/mol. The third-order valence-electron chi connectivity index (χ3n) is 2.31. The second-order valence-corrected chi connectivity index (χ2v) is 4.22. The minimum atomic E-state index is -4.64. The molecule has 4 heteroatoms. The van der Waals surface area contributed by atoms with Crippen LogP contribution in [-0.2, 0) is 4.74 Å². The number of ether oxygens (including phenoxy) is 1. The van der Waals surface area contributed by atoms with Crippen LogP contribution in [-0.4, -0.2) is 6.36 Å². The van der Waals surface area contributed by atoms with E-state index in [0.717, 1.165) is 12.0 Å². The quantitative estimate of drug-likeness (QED) is 0.462. The smallest absolute Gasteiger partial charge is 0.406 e. The van der Waals surface area contributed by atoms with Gasteiger partial charge in [-0.25, -0.2) is 0 Å². The van der Waals surface area contributed by atoms with E-state index in [2.05, 4.69) is 4.74 Å². The number of halogens is 3. The molecule has 0 saturated carbocycles. The molecule has 0 aliphatic carbocycles. The Hall–Kier alpha value is -1.19. The van der Waals surface area contributed by atoms with Crippen molar-refractivity contribution in [3.63, 3.8) is 0 Å². The molecule has 0 bridgehead atoms. The summed E-state index contributed by atoms with van der Waals surface area (Å²) in [6.07, 6.45) is 3.07. The summed E-state index contributed by atoms with van der Waals surface area (Å²) in [5.74, 6) is 0.119. The summed E-state index contributed by atoms with van der Waals surface area (Å²) in [5, 5.41) is 0. The molecule has 0 aliphatic heterocycles. The molecule has 0 unspecified atom stereocenters. The van der Waals surface area contributed by atoms with Crippen molar-refractivity contribution in [2.75, 3.05) is 0 Å². The maximum Gasteiger partial charge on any atom is 0.573 e. The van der Waals surface area contributed by atoms with Crippen molar-refractivity contribution in [2.24, 2.45) is 5.92 Å². The highest BCUT2D eigenvalue weighted by molar-refractivity contribution is 5.26. The Bertz CT molecular complexity index is 322. The fraction of sp³-hybridized carbons (Fsp3) is 0.571. The minimum absolute atomic E-state index is 0.149. The zero-order valence-corrected chi connectivity index (χ0v) is 11.3. The number of alkyl halides is 3. The molecule has 1 nitrogen and oxygen atoms in total. The summed E-state index contributed by atoms with van der Waals surface area (Å²) in [5.41, 5.74) is 0.975. The highest BCUT2D eigenvalue weighted by Crippen LogP contribution is 2.22. The summed E-state index contributed by atoms with van der Waals surface area (Å²) in [6, 6.07) is 0. The molecule has 0 radical (unpaired) electrons. The molecule has 0 heterocycles. The first-order valence-electron chi connectivity index (χ1n) is 6.10. The molecule has 0 rings (SSSR count). The molecule has 18 heavy (non-hydrogen) atoms. The van der Waals surface area contributed by atoms with Gasteiger partial charge in [0, 0.05) is 0 Å². The maximum absolute atomic E-state index is 12.2. The SMILES string of the molecule is C\C=C(/C=C\C(=C\CCC)OC(F)(F)F)C(C)C. The van der Waals surface area contributed by atoms with E-state index >= 15 is 0 Å². The lowest BCUT2D eigenvalue weighted by molar-refractivity contribution is -0.303. The van der Waals surface area contributed by atoms with Gasteiger partial charge < -0.3 is 4.74 Å². The van der Waals surface area contributed by atoms with Crippen molar-refractivity contribution < 1.29 is 17.9 Å². The fourth-order valence-electron chi connectivity index (χ4n) is 1.36.